The van der Waals surface area contributed by atoms with Gasteiger partial charge in [-0.2, -0.15) is 0 Å². The van der Waals surface area contributed by atoms with E-state index in [2.05, 4.69) is 4.98 Å². The molecule has 0 radical (unpaired) electrons. The summed E-state index contributed by atoms with van der Waals surface area (Å²) in [7, 11) is 1.48. The van der Waals surface area contributed by atoms with Crippen molar-refractivity contribution in [2.24, 2.45) is 0 Å². The first kappa shape index (κ1) is 21.6. The molecule has 2 aromatic rings. The average Bonchev–Trinajstić information content (AvgIpc) is 3.48. The lowest BCUT2D eigenvalue weighted by Crippen LogP contribution is -2.44. The summed E-state index contributed by atoms with van der Waals surface area (Å²) in [6.07, 6.45) is 2.82. The number of amides is 3. The Kier molecular flexibility index (Phi) is 6.15. The number of methoxy groups -OCH3 is 1. The normalized spacial score (nSPS) is 23.7. The molecule has 164 valence electrons. The zero-order chi connectivity index (χ0) is 22.0. The summed E-state index contributed by atoms with van der Waals surface area (Å²) in [5, 5.41) is 2.71. The van der Waals surface area contributed by atoms with E-state index >= 15 is 0 Å². The summed E-state index contributed by atoms with van der Waals surface area (Å²) in [5.41, 5.74) is -1.46. The lowest BCUT2D eigenvalue weighted by Gasteiger charge is -2.31. The molecule has 2 fully saturated rings. The second-order valence-electron chi connectivity index (χ2n) is 7.87. The van der Waals surface area contributed by atoms with Gasteiger partial charge in [-0.3, -0.25) is 19.3 Å². The number of benzene rings is 1. The van der Waals surface area contributed by atoms with Crippen LogP contribution in [-0.4, -0.2) is 59.3 Å². The Morgan fingerprint density at radius 3 is 2.87 bits per heavy atom. The van der Waals surface area contributed by atoms with Crippen LogP contribution in [-0.2, 0) is 24.5 Å². The molecule has 2 aliphatic rings. The monoisotopic (exact) mass is 445 g/mol. The van der Waals surface area contributed by atoms with Crippen LogP contribution in [0, 0.1) is 5.82 Å². The molecule has 0 aliphatic carbocycles. The van der Waals surface area contributed by atoms with Gasteiger partial charge in [0.25, 0.3) is 0 Å². The maximum Gasteiger partial charge on any atom is 0.241 e. The number of imide groups is 1. The summed E-state index contributed by atoms with van der Waals surface area (Å²) in [4.78, 5) is 46.8. The minimum Gasteiger partial charge on any atom is -0.383 e. The van der Waals surface area contributed by atoms with Crippen LogP contribution in [0.25, 0.3) is 0 Å². The molecule has 3 heterocycles. The number of hydrogen-bond donors (Lipinski definition) is 0. The zero-order valence-electron chi connectivity index (χ0n) is 17.3. The van der Waals surface area contributed by atoms with Crippen molar-refractivity contribution in [3.8, 4) is 0 Å². The Balaban J connectivity index is 1.68. The van der Waals surface area contributed by atoms with Crippen molar-refractivity contribution in [3.63, 3.8) is 0 Å². The Morgan fingerprint density at radius 1 is 1.35 bits per heavy atom. The van der Waals surface area contributed by atoms with Crippen LogP contribution >= 0.6 is 11.3 Å². The average molecular weight is 446 g/mol. The highest BCUT2D eigenvalue weighted by molar-refractivity contribution is 7.09. The third kappa shape index (κ3) is 3.87. The van der Waals surface area contributed by atoms with Gasteiger partial charge in [-0.25, -0.2) is 9.37 Å². The van der Waals surface area contributed by atoms with Crippen LogP contribution < -0.4 is 0 Å². The lowest BCUT2D eigenvalue weighted by molar-refractivity contribution is -0.143. The van der Waals surface area contributed by atoms with Crippen molar-refractivity contribution in [3.05, 3.63) is 52.2 Å². The second kappa shape index (κ2) is 8.84. The van der Waals surface area contributed by atoms with Gasteiger partial charge in [0.2, 0.25) is 17.7 Å². The third-order valence-corrected chi connectivity index (χ3v) is 6.96. The molecule has 1 aromatic heterocycles. The molecule has 3 amide bonds. The number of nitrogens with zero attached hydrogens (tertiary/aromatic N) is 3. The maximum absolute atomic E-state index is 14.9. The van der Waals surface area contributed by atoms with E-state index in [1.165, 1.54) is 36.6 Å². The fourth-order valence-corrected chi connectivity index (χ4v) is 5.37. The highest BCUT2D eigenvalue weighted by Gasteiger charge is 2.55. The molecule has 1 aromatic carbocycles. The van der Waals surface area contributed by atoms with Crippen molar-refractivity contribution in [2.75, 3.05) is 26.8 Å². The highest BCUT2D eigenvalue weighted by Crippen LogP contribution is 2.43. The van der Waals surface area contributed by atoms with Gasteiger partial charge >= 0.3 is 0 Å². The van der Waals surface area contributed by atoms with E-state index in [0.29, 0.717) is 6.54 Å². The molecule has 0 saturated carbocycles. The summed E-state index contributed by atoms with van der Waals surface area (Å²) in [6.45, 7) is 0.799. The largest absolute Gasteiger partial charge is 0.383 e. The number of aromatic nitrogens is 1. The molecule has 0 unspecified atom stereocenters. The first-order chi connectivity index (χ1) is 15.0. The van der Waals surface area contributed by atoms with E-state index in [1.54, 1.807) is 17.2 Å². The quantitative estimate of drug-likeness (QED) is 0.613. The van der Waals surface area contributed by atoms with Gasteiger partial charge in [0, 0.05) is 43.6 Å². The number of thiazole rings is 1. The first-order valence-corrected chi connectivity index (χ1v) is 11.1. The van der Waals surface area contributed by atoms with E-state index in [1.807, 2.05) is 5.38 Å². The topological polar surface area (TPSA) is 79.8 Å². The predicted octanol–water partition coefficient (Wildman–Crippen LogP) is 2.68. The van der Waals surface area contributed by atoms with E-state index in [4.69, 9.17) is 4.74 Å². The number of carbonyl (C=O) groups is 3. The van der Waals surface area contributed by atoms with Gasteiger partial charge < -0.3 is 9.64 Å². The summed E-state index contributed by atoms with van der Waals surface area (Å²) >= 11 is 1.48. The van der Waals surface area contributed by atoms with Crippen molar-refractivity contribution in [1.82, 2.24) is 14.8 Å². The van der Waals surface area contributed by atoms with Gasteiger partial charge in [-0.05, 0) is 18.9 Å². The molecule has 4 rings (SSSR count). The smallest absolute Gasteiger partial charge is 0.241 e. The van der Waals surface area contributed by atoms with Crippen molar-refractivity contribution in [1.29, 1.82) is 0 Å². The van der Waals surface area contributed by atoms with Crippen LogP contribution in [0.15, 0.2) is 35.8 Å². The molecule has 2 atom stereocenters. The molecule has 7 nitrogen and oxygen atoms in total. The standard InChI is InChI=1S/C22H24FN3O4S/c1-30-11-10-26-19(28)14-22(21(26)29,15-5-2-3-6-16(15)23)13-18(27)25-9-4-7-17(25)20-24-8-12-31-20/h2-3,5-6,8,12,17H,4,7,9-11,13-14H2,1H3/t17-,22+/m0/s1. The number of rotatable bonds is 7. The van der Waals surface area contributed by atoms with Gasteiger partial charge in [0.05, 0.1) is 24.6 Å². The number of likely N-dealkylation sites (tertiary alicyclic amines) is 2. The fraction of sp³-hybridized carbons (Fsp3) is 0.455. The van der Waals surface area contributed by atoms with Gasteiger partial charge in [0.15, 0.2) is 0 Å². The van der Waals surface area contributed by atoms with Crippen molar-refractivity contribution < 1.29 is 23.5 Å². The maximum atomic E-state index is 14.9. The summed E-state index contributed by atoms with van der Waals surface area (Å²) < 4.78 is 19.9. The fourth-order valence-electron chi connectivity index (χ4n) is 4.58. The van der Waals surface area contributed by atoms with E-state index in [0.717, 1.165) is 22.7 Å². The van der Waals surface area contributed by atoms with Crippen LogP contribution in [0.2, 0.25) is 0 Å². The molecule has 2 saturated heterocycles. The second-order valence-corrected chi connectivity index (χ2v) is 8.80. The van der Waals surface area contributed by atoms with E-state index < -0.39 is 23.0 Å². The first-order valence-electron chi connectivity index (χ1n) is 10.3. The minimum absolute atomic E-state index is 0.0734. The van der Waals surface area contributed by atoms with Gasteiger partial charge in [0.1, 0.15) is 10.8 Å². The van der Waals surface area contributed by atoms with Crippen LogP contribution in [0.5, 0.6) is 0 Å². The van der Waals surface area contributed by atoms with Crippen LogP contribution in [0.3, 0.4) is 0 Å². The molecule has 0 spiro atoms. The molecule has 2 aliphatic heterocycles. The van der Waals surface area contributed by atoms with E-state index in [-0.39, 0.29) is 43.5 Å². The Hall–Kier alpha value is -2.65. The van der Waals surface area contributed by atoms with E-state index in [9.17, 15) is 18.8 Å². The molecular weight excluding hydrogens is 421 g/mol. The van der Waals surface area contributed by atoms with Gasteiger partial charge in [-0.1, -0.05) is 18.2 Å². The van der Waals surface area contributed by atoms with Gasteiger partial charge in [-0.15, -0.1) is 11.3 Å². The molecular formula is C22H24FN3O4S. The zero-order valence-corrected chi connectivity index (χ0v) is 18.1. The SMILES string of the molecule is COCCN1C(=O)C[C@](CC(=O)N2CCC[C@H]2c2nccs2)(c2ccccc2F)C1=O. The summed E-state index contributed by atoms with van der Waals surface area (Å²) in [6, 6.07) is 5.74. The van der Waals surface area contributed by atoms with Crippen molar-refractivity contribution >= 4 is 29.1 Å². The minimum atomic E-state index is -1.55. The Bertz CT molecular complexity index is 983. The number of hydrogen-bond acceptors (Lipinski definition) is 6. The lowest BCUT2D eigenvalue weighted by atomic mass is 9.75. The summed E-state index contributed by atoms with van der Waals surface area (Å²) in [5.74, 6) is -1.83. The highest BCUT2D eigenvalue weighted by atomic mass is 32.1. The number of ether oxygens (including phenoxy) is 1. The molecule has 31 heavy (non-hydrogen) atoms. The number of halogens is 1. The molecule has 9 heteroatoms. The van der Waals surface area contributed by atoms with Crippen LogP contribution in [0.1, 0.15) is 42.3 Å². The molecule has 0 N–H and O–H groups in total. The Labute approximate surface area is 183 Å². The number of carbonyl (C=O) groups excluding carboxylic acids is 3. The Morgan fingerprint density at radius 2 is 2.16 bits per heavy atom. The molecule has 0 bridgehead atoms. The van der Waals surface area contributed by atoms with Crippen LogP contribution in [0.4, 0.5) is 4.39 Å². The predicted molar refractivity (Wildman–Crippen MR) is 112 cm³/mol. The van der Waals surface area contributed by atoms with Crippen molar-refractivity contribution in [2.45, 2.75) is 37.1 Å². The third-order valence-electron chi connectivity index (χ3n) is 6.08.